The fourth-order valence-corrected chi connectivity index (χ4v) is 6.29. The quantitative estimate of drug-likeness (QED) is 0.861. The lowest BCUT2D eigenvalue weighted by Gasteiger charge is -2.22. The van der Waals surface area contributed by atoms with Crippen molar-refractivity contribution in [2.45, 2.75) is 30.0 Å². The van der Waals surface area contributed by atoms with Gasteiger partial charge in [-0.1, -0.05) is 0 Å². The van der Waals surface area contributed by atoms with Crippen LogP contribution in [0, 0.1) is 6.92 Å². The molecule has 4 nitrogen and oxygen atoms in total. The van der Waals surface area contributed by atoms with Gasteiger partial charge in [-0.2, -0.15) is 4.31 Å². The van der Waals surface area contributed by atoms with Crippen LogP contribution in [0.5, 0.6) is 0 Å². The van der Waals surface area contributed by atoms with Crippen LogP contribution in [-0.4, -0.2) is 38.9 Å². The highest BCUT2D eigenvalue weighted by atomic mass is 79.9. The summed E-state index contributed by atoms with van der Waals surface area (Å²) in [6.07, 6.45) is 1.88. The Balaban J connectivity index is 0.00000180. The Morgan fingerprint density at radius 3 is 2.79 bits per heavy atom. The lowest BCUT2D eigenvalue weighted by Crippen LogP contribution is -2.40. The van der Waals surface area contributed by atoms with Crippen LogP contribution in [0.2, 0.25) is 0 Å². The van der Waals surface area contributed by atoms with Gasteiger partial charge in [0, 0.05) is 19.1 Å². The van der Waals surface area contributed by atoms with E-state index in [4.69, 9.17) is 0 Å². The van der Waals surface area contributed by atoms with Gasteiger partial charge in [-0.25, -0.2) is 8.42 Å². The average Bonchev–Trinajstić information content (AvgIpc) is 2.88. The highest BCUT2D eigenvalue weighted by molar-refractivity contribution is 9.11. The zero-order valence-corrected chi connectivity index (χ0v) is 14.9. The number of hydrogen-bond donors (Lipinski definition) is 1. The molecule has 1 saturated heterocycles. The molecule has 2 heterocycles. The Hall–Kier alpha value is 0.340. The average molecular weight is 390 g/mol. The largest absolute Gasteiger partial charge is 0.318 e. The zero-order valence-electron chi connectivity index (χ0n) is 10.8. The predicted octanol–water partition coefficient (Wildman–Crippen LogP) is 2.61. The summed E-state index contributed by atoms with van der Waals surface area (Å²) in [5.74, 6) is 0. The minimum atomic E-state index is -3.33. The molecule has 1 aromatic heterocycles. The summed E-state index contributed by atoms with van der Waals surface area (Å²) in [6.45, 7) is 3.25. The van der Waals surface area contributed by atoms with Gasteiger partial charge in [0.25, 0.3) is 10.0 Å². The van der Waals surface area contributed by atoms with Crippen molar-refractivity contribution in [1.29, 1.82) is 0 Å². The van der Waals surface area contributed by atoms with Gasteiger partial charge in [-0.15, -0.1) is 23.7 Å². The topological polar surface area (TPSA) is 49.4 Å². The lowest BCUT2D eigenvalue weighted by molar-refractivity contribution is 0.380. The first-order valence-corrected chi connectivity index (χ1v) is 8.94. The third-order valence-corrected chi connectivity index (χ3v) is 7.70. The molecule has 0 radical (unpaired) electrons. The van der Waals surface area contributed by atoms with E-state index in [1.165, 1.54) is 11.3 Å². The van der Waals surface area contributed by atoms with Crippen molar-refractivity contribution in [3.63, 3.8) is 0 Å². The molecule has 0 saturated carbocycles. The van der Waals surface area contributed by atoms with Crippen LogP contribution in [0.25, 0.3) is 0 Å². The fourth-order valence-electron chi connectivity index (χ4n) is 2.24. The smallest absolute Gasteiger partial charge is 0.252 e. The number of aryl methyl sites for hydroxylation is 1. The maximum atomic E-state index is 12.6. The zero-order chi connectivity index (χ0) is 13.3. The summed E-state index contributed by atoms with van der Waals surface area (Å²) < 4.78 is 28.1. The van der Waals surface area contributed by atoms with Gasteiger partial charge in [0.2, 0.25) is 0 Å². The first-order chi connectivity index (χ1) is 8.46. The molecular formula is C11H18BrClN2O2S2. The lowest BCUT2D eigenvalue weighted by atomic mass is 10.2. The van der Waals surface area contributed by atoms with Crippen LogP contribution in [0.1, 0.15) is 18.4 Å². The van der Waals surface area contributed by atoms with Gasteiger partial charge < -0.3 is 5.32 Å². The molecule has 1 aliphatic rings. The molecule has 19 heavy (non-hydrogen) atoms. The van der Waals surface area contributed by atoms with Gasteiger partial charge in [-0.3, -0.25) is 0 Å². The molecule has 0 aliphatic carbocycles. The molecular weight excluding hydrogens is 372 g/mol. The molecule has 110 valence electrons. The van der Waals surface area contributed by atoms with Crippen LogP contribution in [-0.2, 0) is 10.0 Å². The number of thiophene rings is 1. The highest BCUT2D eigenvalue weighted by Gasteiger charge is 2.35. The molecule has 8 heteroatoms. The third kappa shape index (κ3) is 3.51. The molecule has 1 atom stereocenters. The monoisotopic (exact) mass is 388 g/mol. The number of rotatable bonds is 4. The van der Waals surface area contributed by atoms with Gasteiger partial charge in [0.1, 0.15) is 4.21 Å². The molecule has 1 fully saturated rings. The third-order valence-electron chi connectivity index (χ3n) is 3.16. The van der Waals surface area contributed by atoms with Crippen molar-refractivity contribution in [1.82, 2.24) is 9.62 Å². The first-order valence-electron chi connectivity index (χ1n) is 5.89. The van der Waals surface area contributed by atoms with Crippen LogP contribution >= 0.6 is 39.7 Å². The molecule has 0 aromatic carbocycles. The van der Waals surface area contributed by atoms with E-state index in [1.807, 2.05) is 14.0 Å². The second kappa shape index (κ2) is 6.87. The summed E-state index contributed by atoms with van der Waals surface area (Å²) in [7, 11) is -1.47. The number of hydrogen-bond acceptors (Lipinski definition) is 4. The predicted molar refractivity (Wildman–Crippen MR) is 84.8 cm³/mol. The van der Waals surface area contributed by atoms with E-state index >= 15 is 0 Å². The minimum absolute atomic E-state index is 0. The van der Waals surface area contributed by atoms with Crippen molar-refractivity contribution in [3.8, 4) is 0 Å². The van der Waals surface area contributed by atoms with Crippen molar-refractivity contribution in [3.05, 3.63) is 15.4 Å². The maximum absolute atomic E-state index is 12.6. The second-order valence-corrected chi connectivity index (χ2v) is 8.98. The van der Waals surface area contributed by atoms with E-state index in [2.05, 4.69) is 21.2 Å². The van der Waals surface area contributed by atoms with Crippen molar-refractivity contribution in [2.75, 3.05) is 20.1 Å². The summed E-state index contributed by atoms with van der Waals surface area (Å²) >= 11 is 4.68. The van der Waals surface area contributed by atoms with Gasteiger partial charge in [0.05, 0.1) is 3.79 Å². The highest BCUT2D eigenvalue weighted by Crippen LogP contribution is 2.34. The summed E-state index contributed by atoms with van der Waals surface area (Å²) in [6, 6.07) is 1.83. The number of halogens is 2. The number of likely N-dealkylation sites (N-methyl/N-ethyl adjacent to an activating group) is 1. The van der Waals surface area contributed by atoms with E-state index in [0.29, 0.717) is 17.3 Å². The second-order valence-electron chi connectivity index (χ2n) is 4.49. The van der Waals surface area contributed by atoms with Crippen molar-refractivity contribution in [2.24, 2.45) is 0 Å². The first kappa shape index (κ1) is 17.4. The number of nitrogens with one attached hydrogen (secondary N) is 1. The van der Waals surface area contributed by atoms with E-state index in [0.717, 1.165) is 22.2 Å². The van der Waals surface area contributed by atoms with E-state index in [9.17, 15) is 8.42 Å². The summed E-state index contributed by atoms with van der Waals surface area (Å²) in [5.41, 5.74) is 0.975. The maximum Gasteiger partial charge on any atom is 0.252 e. The summed E-state index contributed by atoms with van der Waals surface area (Å²) in [4.78, 5) is 0. The molecule has 0 spiro atoms. The van der Waals surface area contributed by atoms with E-state index in [1.54, 1.807) is 10.4 Å². The van der Waals surface area contributed by atoms with E-state index < -0.39 is 10.0 Å². The Bertz CT molecular complexity index is 513. The number of nitrogens with zero attached hydrogens (tertiary/aromatic N) is 1. The summed E-state index contributed by atoms with van der Waals surface area (Å²) in [5, 5.41) is 3.07. The normalized spacial score (nSPS) is 20.5. The Kier molecular flexibility index (Phi) is 6.28. The SMILES string of the molecule is CNCC1CCCN1S(=O)(=O)c1cc(C)c(Br)s1.Cl. The van der Waals surface area contributed by atoms with Gasteiger partial charge in [0.15, 0.2) is 0 Å². The molecule has 0 amide bonds. The van der Waals surface area contributed by atoms with Crippen molar-refractivity contribution >= 4 is 49.7 Å². The number of sulfonamides is 1. The van der Waals surface area contributed by atoms with Crippen molar-refractivity contribution < 1.29 is 8.42 Å². The Labute approximate surface area is 133 Å². The van der Waals surface area contributed by atoms with Gasteiger partial charge >= 0.3 is 0 Å². The molecule has 1 aromatic rings. The fraction of sp³-hybridized carbons (Fsp3) is 0.636. The molecule has 1 unspecified atom stereocenters. The van der Waals surface area contributed by atoms with E-state index in [-0.39, 0.29) is 18.4 Å². The van der Waals surface area contributed by atoms with Crippen LogP contribution in [0.15, 0.2) is 14.1 Å². The standard InChI is InChI=1S/C11H17BrN2O2S2.ClH/c1-8-6-10(17-11(8)12)18(15,16)14-5-3-4-9(14)7-13-2;/h6,9,13H,3-5,7H2,1-2H3;1H. The molecule has 0 bridgehead atoms. The van der Waals surface area contributed by atoms with Crippen LogP contribution < -0.4 is 5.32 Å². The molecule has 1 aliphatic heterocycles. The van der Waals surface area contributed by atoms with Crippen LogP contribution in [0.4, 0.5) is 0 Å². The van der Waals surface area contributed by atoms with Gasteiger partial charge in [-0.05, 0) is 54.4 Å². The molecule has 2 rings (SSSR count). The Morgan fingerprint density at radius 1 is 1.58 bits per heavy atom. The molecule has 1 N–H and O–H groups in total. The minimum Gasteiger partial charge on any atom is -0.318 e. The Morgan fingerprint density at radius 2 is 2.26 bits per heavy atom. The van der Waals surface area contributed by atoms with Crippen LogP contribution in [0.3, 0.4) is 0 Å².